The molecule has 0 saturated carbocycles. The molecule has 0 radical (unpaired) electrons. The van der Waals surface area contributed by atoms with E-state index < -0.39 is 41.1 Å². The van der Waals surface area contributed by atoms with Crippen LogP contribution in [-0.4, -0.2) is 24.8 Å². The average molecular weight is 497 g/mol. The highest BCUT2D eigenvalue weighted by Crippen LogP contribution is 2.26. The first-order valence-electron chi connectivity index (χ1n) is 12.5. The van der Waals surface area contributed by atoms with E-state index in [1.54, 1.807) is 0 Å². The minimum atomic E-state index is -2.14. The van der Waals surface area contributed by atoms with Crippen molar-refractivity contribution < 1.29 is 36.2 Å². The molecule has 0 fully saturated rings. The SMILES string of the molecule is CCCCCCCCCC(CCCc1c(F)c(F)c(F)c(F)c1F)OC(OC(C)C)OC(C)C. The van der Waals surface area contributed by atoms with Crippen LogP contribution in [0.5, 0.6) is 0 Å². The van der Waals surface area contributed by atoms with Crippen molar-refractivity contribution in [2.75, 3.05) is 0 Å². The lowest BCUT2D eigenvalue weighted by atomic mass is 10.0. The Hall–Kier alpha value is -1.25. The summed E-state index contributed by atoms with van der Waals surface area (Å²) in [6, 6.07) is 0. The molecule has 34 heavy (non-hydrogen) atoms. The van der Waals surface area contributed by atoms with E-state index in [0.29, 0.717) is 12.8 Å². The Labute approximate surface area is 201 Å². The van der Waals surface area contributed by atoms with Gasteiger partial charge in [0.05, 0.1) is 18.3 Å². The molecule has 0 spiro atoms. The summed E-state index contributed by atoms with van der Waals surface area (Å²) in [5.41, 5.74) is -0.792. The number of ether oxygens (including phenoxy) is 3. The molecule has 198 valence electrons. The van der Waals surface area contributed by atoms with Crippen LogP contribution in [0.1, 0.15) is 104 Å². The summed E-state index contributed by atoms with van der Waals surface area (Å²) in [5, 5.41) is 0. The maximum atomic E-state index is 14.0. The zero-order valence-electron chi connectivity index (χ0n) is 21.2. The molecule has 1 unspecified atom stereocenters. The molecule has 0 aliphatic heterocycles. The van der Waals surface area contributed by atoms with Crippen molar-refractivity contribution in [3.8, 4) is 0 Å². The second-order valence-corrected chi connectivity index (χ2v) is 9.27. The summed E-state index contributed by atoms with van der Waals surface area (Å²) < 4.78 is 85.8. The van der Waals surface area contributed by atoms with Gasteiger partial charge in [0.2, 0.25) is 5.82 Å². The van der Waals surface area contributed by atoms with Crippen molar-refractivity contribution in [3.05, 3.63) is 34.6 Å². The van der Waals surface area contributed by atoms with E-state index in [9.17, 15) is 22.0 Å². The van der Waals surface area contributed by atoms with Gasteiger partial charge in [0, 0.05) is 5.56 Å². The molecule has 0 aliphatic rings. The van der Waals surface area contributed by atoms with Gasteiger partial charge < -0.3 is 14.2 Å². The Morgan fingerprint density at radius 1 is 0.559 bits per heavy atom. The summed E-state index contributed by atoms with van der Waals surface area (Å²) >= 11 is 0. The molecule has 1 aromatic rings. The Morgan fingerprint density at radius 2 is 1.00 bits per heavy atom. The summed E-state index contributed by atoms with van der Waals surface area (Å²) in [6.07, 6.45) is 8.18. The molecule has 8 heteroatoms. The fourth-order valence-electron chi connectivity index (χ4n) is 3.68. The monoisotopic (exact) mass is 496 g/mol. The van der Waals surface area contributed by atoms with Crippen molar-refractivity contribution in [3.63, 3.8) is 0 Å². The first-order valence-corrected chi connectivity index (χ1v) is 12.5. The van der Waals surface area contributed by atoms with E-state index in [-0.39, 0.29) is 31.2 Å². The zero-order valence-corrected chi connectivity index (χ0v) is 21.2. The van der Waals surface area contributed by atoms with E-state index in [4.69, 9.17) is 14.2 Å². The second kappa shape index (κ2) is 16.4. The van der Waals surface area contributed by atoms with Gasteiger partial charge in [-0.2, -0.15) is 0 Å². The third-order valence-electron chi connectivity index (χ3n) is 5.45. The molecule has 0 bridgehead atoms. The molecule has 0 aromatic heterocycles. The number of halogens is 5. The fraction of sp³-hybridized carbons (Fsp3) is 0.769. The molecule has 1 atom stereocenters. The number of hydrogen-bond acceptors (Lipinski definition) is 3. The summed E-state index contributed by atoms with van der Waals surface area (Å²) in [4.78, 5) is 0. The first-order chi connectivity index (χ1) is 16.1. The van der Waals surface area contributed by atoms with Crippen LogP contribution in [0.25, 0.3) is 0 Å². The van der Waals surface area contributed by atoms with E-state index in [0.717, 1.165) is 19.3 Å². The number of rotatable bonds is 18. The van der Waals surface area contributed by atoms with E-state index in [2.05, 4.69) is 6.92 Å². The number of benzene rings is 1. The normalized spacial score (nSPS) is 13.0. The fourth-order valence-corrected chi connectivity index (χ4v) is 3.68. The molecule has 1 aromatic carbocycles. The Kier molecular flexibility index (Phi) is 14.9. The molecule has 0 aliphatic carbocycles. The molecule has 0 amide bonds. The predicted octanol–water partition coefficient (Wildman–Crippen LogP) is 8.36. The highest BCUT2D eigenvalue weighted by molar-refractivity contribution is 5.24. The van der Waals surface area contributed by atoms with Crippen molar-refractivity contribution in [1.82, 2.24) is 0 Å². The zero-order chi connectivity index (χ0) is 25.7. The summed E-state index contributed by atoms with van der Waals surface area (Å²) in [6.45, 7) is 8.69. The van der Waals surface area contributed by atoms with Crippen LogP contribution in [-0.2, 0) is 20.6 Å². The van der Waals surface area contributed by atoms with Gasteiger partial charge in [-0.1, -0.05) is 51.9 Å². The van der Waals surface area contributed by atoms with Gasteiger partial charge in [-0.05, 0) is 53.4 Å². The second-order valence-electron chi connectivity index (χ2n) is 9.27. The molecular weight excluding hydrogens is 455 g/mol. The van der Waals surface area contributed by atoms with Crippen molar-refractivity contribution in [1.29, 1.82) is 0 Å². The van der Waals surface area contributed by atoms with Crippen molar-refractivity contribution in [2.45, 2.75) is 130 Å². The Balaban J connectivity index is 2.77. The topological polar surface area (TPSA) is 27.7 Å². The van der Waals surface area contributed by atoms with Crippen LogP contribution in [0.15, 0.2) is 0 Å². The predicted molar refractivity (Wildman–Crippen MR) is 123 cm³/mol. The molecule has 0 heterocycles. The van der Waals surface area contributed by atoms with Gasteiger partial charge in [0.1, 0.15) is 0 Å². The Morgan fingerprint density at radius 3 is 1.50 bits per heavy atom. The third kappa shape index (κ3) is 11.0. The lowest BCUT2D eigenvalue weighted by Gasteiger charge is -2.28. The maximum absolute atomic E-state index is 14.0. The summed E-state index contributed by atoms with van der Waals surface area (Å²) in [7, 11) is 0. The minimum absolute atomic E-state index is 0.142. The molecule has 0 N–H and O–H groups in total. The van der Waals surface area contributed by atoms with Crippen LogP contribution in [0.4, 0.5) is 22.0 Å². The van der Waals surface area contributed by atoms with Crippen molar-refractivity contribution >= 4 is 0 Å². The van der Waals surface area contributed by atoms with Crippen LogP contribution in [0, 0.1) is 29.1 Å². The quantitative estimate of drug-likeness (QED) is 0.0672. The standard InChI is InChI=1S/C26H41F5O3/c1-6-7-8-9-10-11-12-14-19(34-26(32-17(2)3)33-18(4)5)15-13-16-20-21(27)23(29)25(31)24(30)22(20)28/h17-19,26H,6-16H2,1-5H3. The lowest BCUT2D eigenvalue weighted by molar-refractivity contribution is -0.327. The van der Waals surface area contributed by atoms with Gasteiger partial charge in [-0.3, -0.25) is 0 Å². The third-order valence-corrected chi connectivity index (χ3v) is 5.45. The van der Waals surface area contributed by atoms with Gasteiger partial charge in [0.25, 0.3) is 6.48 Å². The molecular formula is C26H41F5O3. The van der Waals surface area contributed by atoms with E-state index >= 15 is 0 Å². The van der Waals surface area contributed by atoms with Gasteiger partial charge in [-0.25, -0.2) is 22.0 Å². The molecule has 0 saturated heterocycles. The molecule has 3 nitrogen and oxygen atoms in total. The van der Waals surface area contributed by atoms with Crippen LogP contribution < -0.4 is 0 Å². The molecule has 1 rings (SSSR count). The smallest absolute Gasteiger partial charge is 0.272 e. The highest BCUT2D eigenvalue weighted by Gasteiger charge is 2.26. The first kappa shape index (κ1) is 30.8. The maximum Gasteiger partial charge on any atom is 0.272 e. The van der Waals surface area contributed by atoms with Gasteiger partial charge in [-0.15, -0.1) is 0 Å². The van der Waals surface area contributed by atoms with Gasteiger partial charge >= 0.3 is 0 Å². The van der Waals surface area contributed by atoms with Crippen LogP contribution >= 0.6 is 0 Å². The largest absolute Gasteiger partial charge is 0.327 e. The van der Waals surface area contributed by atoms with Crippen LogP contribution in [0.3, 0.4) is 0 Å². The highest BCUT2D eigenvalue weighted by atomic mass is 19.2. The number of unbranched alkanes of at least 4 members (excludes halogenated alkanes) is 6. The van der Waals surface area contributed by atoms with E-state index in [1.807, 2.05) is 27.7 Å². The number of hydrogen-bond donors (Lipinski definition) is 0. The van der Waals surface area contributed by atoms with Gasteiger partial charge in [0.15, 0.2) is 23.3 Å². The summed E-state index contributed by atoms with van der Waals surface area (Å²) in [5.74, 6) is -9.52. The van der Waals surface area contributed by atoms with E-state index in [1.165, 1.54) is 25.7 Å². The van der Waals surface area contributed by atoms with Crippen molar-refractivity contribution in [2.24, 2.45) is 0 Å². The minimum Gasteiger partial charge on any atom is -0.327 e. The average Bonchev–Trinajstić information content (AvgIpc) is 2.76. The lowest BCUT2D eigenvalue weighted by Crippen LogP contribution is -2.32. The van der Waals surface area contributed by atoms with Crippen LogP contribution in [0.2, 0.25) is 0 Å². The Bertz CT molecular complexity index is 673.